The van der Waals surface area contributed by atoms with Gasteiger partial charge in [0.25, 0.3) is 0 Å². The summed E-state index contributed by atoms with van der Waals surface area (Å²) in [4.78, 5) is 37.8. The number of unbranched alkanes of at least 4 members (excludes halogenated alkanes) is 21. The van der Waals surface area contributed by atoms with E-state index in [-0.39, 0.29) is 44.0 Å². The van der Waals surface area contributed by atoms with Gasteiger partial charge in [-0.05, 0) is 77.0 Å². The minimum absolute atomic E-state index is 0.105. The zero-order valence-corrected chi connectivity index (χ0v) is 39.2. The maximum Gasteiger partial charge on any atom is 0.306 e. The highest BCUT2D eigenvalue weighted by Crippen LogP contribution is 2.15. The van der Waals surface area contributed by atoms with Crippen molar-refractivity contribution in [1.82, 2.24) is 0 Å². The summed E-state index contributed by atoms with van der Waals surface area (Å²) in [6.45, 7) is 6.32. The molecule has 0 aliphatic rings. The third-order valence-corrected chi connectivity index (χ3v) is 10.5. The molecule has 0 aliphatic heterocycles. The van der Waals surface area contributed by atoms with Crippen LogP contribution < -0.4 is 0 Å². The molecule has 1 atom stereocenters. The Kier molecular flexibility index (Phi) is 46.0. The Morgan fingerprint density at radius 1 is 0.350 bits per heavy atom. The summed E-state index contributed by atoms with van der Waals surface area (Å²) < 4.78 is 16.7. The second kappa shape index (κ2) is 48.5. The lowest BCUT2D eigenvalue weighted by Crippen LogP contribution is -2.30. The first-order valence-electron chi connectivity index (χ1n) is 24.9. The van der Waals surface area contributed by atoms with E-state index in [1.165, 1.54) is 103 Å². The zero-order valence-electron chi connectivity index (χ0n) is 39.2. The van der Waals surface area contributed by atoms with Crippen LogP contribution in [0.2, 0.25) is 0 Å². The quantitative estimate of drug-likeness (QED) is 0.0263. The molecule has 0 heterocycles. The van der Waals surface area contributed by atoms with Crippen LogP contribution in [0.15, 0.2) is 72.9 Å². The normalized spacial score (nSPS) is 12.7. The van der Waals surface area contributed by atoms with Gasteiger partial charge in [0, 0.05) is 19.3 Å². The van der Waals surface area contributed by atoms with Crippen molar-refractivity contribution in [2.45, 2.75) is 239 Å². The van der Waals surface area contributed by atoms with Crippen LogP contribution in [0.4, 0.5) is 0 Å². The van der Waals surface area contributed by atoms with Crippen LogP contribution in [0.25, 0.3) is 0 Å². The fourth-order valence-corrected chi connectivity index (χ4v) is 6.77. The average Bonchev–Trinajstić information content (AvgIpc) is 3.24. The minimum Gasteiger partial charge on any atom is -0.462 e. The van der Waals surface area contributed by atoms with Gasteiger partial charge in [-0.1, -0.05) is 209 Å². The van der Waals surface area contributed by atoms with Crippen LogP contribution >= 0.6 is 0 Å². The Balaban J connectivity index is 4.37. The van der Waals surface area contributed by atoms with Crippen LogP contribution in [0, 0.1) is 0 Å². The first-order valence-corrected chi connectivity index (χ1v) is 24.9. The van der Waals surface area contributed by atoms with Gasteiger partial charge < -0.3 is 14.2 Å². The molecule has 0 saturated carbocycles. The van der Waals surface area contributed by atoms with Crippen LogP contribution in [0.3, 0.4) is 0 Å². The molecule has 0 N–H and O–H groups in total. The molecule has 6 heteroatoms. The zero-order chi connectivity index (χ0) is 43.7. The number of allylic oxidation sites excluding steroid dienone is 12. The first-order chi connectivity index (χ1) is 29.5. The molecule has 0 aromatic rings. The predicted molar refractivity (Wildman–Crippen MR) is 256 cm³/mol. The van der Waals surface area contributed by atoms with E-state index in [4.69, 9.17) is 14.2 Å². The first kappa shape index (κ1) is 56.9. The molecule has 0 amide bonds. The number of ether oxygens (including phenoxy) is 3. The maximum absolute atomic E-state index is 12.7. The fraction of sp³-hybridized carbons (Fsp3) is 0.722. The molecule has 60 heavy (non-hydrogen) atoms. The predicted octanol–water partition coefficient (Wildman–Crippen LogP) is 16.3. The molecule has 0 spiro atoms. The van der Waals surface area contributed by atoms with Gasteiger partial charge in [0.15, 0.2) is 6.10 Å². The highest BCUT2D eigenvalue weighted by Gasteiger charge is 2.19. The Labute approximate surface area is 370 Å². The highest BCUT2D eigenvalue weighted by atomic mass is 16.6. The van der Waals surface area contributed by atoms with Gasteiger partial charge in [-0.3, -0.25) is 14.4 Å². The van der Waals surface area contributed by atoms with Gasteiger partial charge in [-0.25, -0.2) is 0 Å². The molecule has 0 aliphatic carbocycles. The second-order valence-electron chi connectivity index (χ2n) is 16.3. The van der Waals surface area contributed by atoms with Gasteiger partial charge in [0.2, 0.25) is 0 Å². The van der Waals surface area contributed by atoms with E-state index in [0.29, 0.717) is 19.3 Å². The Bertz CT molecular complexity index is 1140. The summed E-state index contributed by atoms with van der Waals surface area (Å²) in [5, 5.41) is 0. The summed E-state index contributed by atoms with van der Waals surface area (Å²) in [6, 6.07) is 0. The molecular weight excluding hydrogens is 745 g/mol. The van der Waals surface area contributed by atoms with Gasteiger partial charge in [0.05, 0.1) is 0 Å². The standard InChI is InChI=1S/C54H92O6/c1-4-7-10-13-16-19-22-24-25-26-27-28-29-30-33-35-38-41-44-47-53(56)59-50-51(49-58-52(55)46-43-40-37-34-31-21-18-15-12-9-6-3)60-54(57)48-45-42-39-36-32-23-20-17-14-11-8-5-2/h8-9,11-12,17-18,20-21,32,34,36-37,51H,4-7,10,13-16,19,22-31,33,35,38-50H2,1-3H3/b11-8-,12-9-,20-17-,21-18-,36-32-,37-34-. The third kappa shape index (κ3) is 45.9. The van der Waals surface area contributed by atoms with Crippen molar-refractivity contribution in [3.8, 4) is 0 Å². The van der Waals surface area contributed by atoms with Crippen LogP contribution in [-0.2, 0) is 28.6 Å². The number of carbonyl (C=O) groups is 3. The smallest absolute Gasteiger partial charge is 0.306 e. The van der Waals surface area contributed by atoms with Crippen molar-refractivity contribution in [3.05, 3.63) is 72.9 Å². The van der Waals surface area contributed by atoms with Crippen LogP contribution in [-0.4, -0.2) is 37.2 Å². The van der Waals surface area contributed by atoms with Gasteiger partial charge in [-0.2, -0.15) is 0 Å². The summed E-state index contributed by atoms with van der Waals surface area (Å²) in [5.41, 5.74) is 0. The molecule has 0 aromatic carbocycles. The van der Waals surface area contributed by atoms with E-state index in [1.54, 1.807) is 0 Å². The fourth-order valence-electron chi connectivity index (χ4n) is 6.77. The van der Waals surface area contributed by atoms with Crippen LogP contribution in [0.1, 0.15) is 233 Å². The van der Waals surface area contributed by atoms with Crippen molar-refractivity contribution >= 4 is 17.9 Å². The molecule has 0 radical (unpaired) electrons. The summed E-state index contributed by atoms with van der Waals surface area (Å²) in [5.74, 6) is -1.00. The topological polar surface area (TPSA) is 78.9 Å². The maximum atomic E-state index is 12.7. The van der Waals surface area contributed by atoms with E-state index >= 15 is 0 Å². The summed E-state index contributed by atoms with van der Waals surface area (Å²) in [6.07, 6.45) is 60.6. The Morgan fingerprint density at radius 2 is 0.667 bits per heavy atom. The monoisotopic (exact) mass is 837 g/mol. The van der Waals surface area contributed by atoms with Crippen molar-refractivity contribution in [2.75, 3.05) is 13.2 Å². The molecule has 0 bridgehead atoms. The molecule has 344 valence electrons. The second-order valence-corrected chi connectivity index (χ2v) is 16.3. The molecule has 6 nitrogen and oxygen atoms in total. The summed E-state index contributed by atoms with van der Waals surface area (Å²) in [7, 11) is 0. The van der Waals surface area contributed by atoms with Crippen molar-refractivity contribution in [1.29, 1.82) is 0 Å². The average molecular weight is 837 g/mol. The van der Waals surface area contributed by atoms with Crippen LogP contribution in [0.5, 0.6) is 0 Å². The number of hydrogen-bond acceptors (Lipinski definition) is 6. The highest BCUT2D eigenvalue weighted by molar-refractivity contribution is 5.71. The summed E-state index contributed by atoms with van der Waals surface area (Å²) >= 11 is 0. The van der Waals surface area contributed by atoms with E-state index in [1.807, 2.05) is 0 Å². The van der Waals surface area contributed by atoms with E-state index in [2.05, 4.69) is 93.7 Å². The van der Waals surface area contributed by atoms with E-state index in [9.17, 15) is 14.4 Å². The Morgan fingerprint density at radius 3 is 1.08 bits per heavy atom. The lowest BCUT2D eigenvalue weighted by atomic mass is 10.0. The Hall–Kier alpha value is -3.15. The van der Waals surface area contributed by atoms with Gasteiger partial charge in [-0.15, -0.1) is 0 Å². The molecule has 0 saturated heterocycles. The largest absolute Gasteiger partial charge is 0.462 e. The number of carbonyl (C=O) groups excluding carboxylic acids is 3. The number of hydrogen-bond donors (Lipinski definition) is 0. The van der Waals surface area contributed by atoms with E-state index < -0.39 is 6.10 Å². The van der Waals surface area contributed by atoms with E-state index in [0.717, 1.165) is 77.0 Å². The lowest BCUT2D eigenvalue weighted by Gasteiger charge is -2.18. The number of rotatable bonds is 44. The third-order valence-electron chi connectivity index (χ3n) is 10.5. The SMILES string of the molecule is CC/C=C\C/C=C\C/C=C\CCCCC(=O)OC(COC(=O)CCC/C=C\C/C=C\C/C=C\CC)COC(=O)CCCCCCCCCCCCCCCCCCCCC. The molecule has 0 fully saturated rings. The number of esters is 3. The molecular formula is C54H92O6. The molecule has 0 rings (SSSR count). The van der Waals surface area contributed by atoms with Crippen molar-refractivity contribution in [3.63, 3.8) is 0 Å². The van der Waals surface area contributed by atoms with Gasteiger partial charge >= 0.3 is 17.9 Å². The van der Waals surface area contributed by atoms with Gasteiger partial charge in [0.1, 0.15) is 13.2 Å². The lowest BCUT2D eigenvalue weighted by molar-refractivity contribution is -0.167. The molecule has 1 unspecified atom stereocenters. The van der Waals surface area contributed by atoms with Crippen molar-refractivity contribution < 1.29 is 28.6 Å². The van der Waals surface area contributed by atoms with Crippen molar-refractivity contribution in [2.24, 2.45) is 0 Å². The minimum atomic E-state index is -0.812. The molecule has 0 aromatic heterocycles.